The van der Waals surface area contributed by atoms with Crippen molar-refractivity contribution in [2.45, 2.75) is 32.2 Å². The van der Waals surface area contributed by atoms with Crippen molar-refractivity contribution in [3.05, 3.63) is 35.9 Å². The first kappa shape index (κ1) is 16.2. The van der Waals surface area contributed by atoms with Gasteiger partial charge in [0.05, 0.1) is 12.5 Å². The Morgan fingerprint density at radius 2 is 1.90 bits per heavy atom. The van der Waals surface area contributed by atoms with Crippen LogP contribution in [0, 0.1) is 0 Å². The predicted molar refractivity (Wildman–Crippen MR) is 77.5 cm³/mol. The number of carboxylic acid groups (broad SMARTS) is 1. The van der Waals surface area contributed by atoms with E-state index in [1.54, 1.807) is 0 Å². The molecule has 0 aliphatic heterocycles. The van der Waals surface area contributed by atoms with E-state index in [4.69, 9.17) is 5.11 Å². The van der Waals surface area contributed by atoms with Crippen LogP contribution in [0.3, 0.4) is 0 Å². The van der Waals surface area contributed by atoms with E-state index in [-0.39, 0.29) is 24.9 Å². The van der Waals surface area contributed by atoms with E-state index in [0.29, 0.717) is 6.42 Å². The molecule has 1 aromatic carbocycles. The average Bonchev–Trinajstić information content (AvgIpc) is 2.44. The van der Waals surface area contributed by atoms with Crippen molar-refractivity contribution in [3.63, 3.8) is 0 Å². The van der Waals surface area contributed by atoms with Gasteiger partial charge in [-0.15, -0.1) is 0 Å². The Morgan fingerprint density at radius 1 is 1.20 bits per heavy atom. The second-order valence-corrected chi connectivity index (χ2v) is 4.63. The molecule has 0 radical (unpaired) electrons. The van der Waals surface area contributed by atoms with Crippen LogP contribution >= 0.6 is 0 Å². The number of carbonyl (C=O) groups is 2. The summed E-state index contributed by atoms with van der Waals surface area (Å²) < 4.78 is 0. The van der Waals surface area contributed by atoms with Gasteiger partial charge in [-0.1, -0.05) is 37.3 Å². The molecule has 0 saturated carbocycles. The molecule has 0 spiro atoms. The van der Waals surface area contributed by atoms with Gasteiger partial charge in [-0.05, 0) is 24.9 Å². The molecule has 5 nitrogen and oxygen atoms in total. The fourth-order valence-corrected chi connectivity index (χ4v) is 1.84. The molecular formula is C15H22N2O3. The van der Waals surface area contributed by atoms with Crippen molar-refractivity contribution in [1.82, 2.24) is 10.6 Å². The van der Waals surface area contributed by atoms with E-state index in [1.807, 2.05) is 37.3 Å². The minimum Gasteiger partial charge on any atom is -0.481 e. The van der Waals surface area contributed by atoms with E-state index in [9.17, 15) is 9.59 Å². The zero-order valence-electron chi connectivity index (χ0n) is 11.8. The SMILES string of the molecule is CCCN[C@@H](Cc1ccccc1)C(=O)NCCC(=O)O. The molecule has 0 heterocycles. The Hall–Kier alpha value is -1.88. The van der Waals surface area contributed by atoms with E-state index >= 15 is 0 Å². The predicted octanol–water partition coefficient (Wildman–Crippen LogP) is 1.19. The molecule has 0 saturated heterocycles. The van der Waals surface area contributed by atoms with Gasteiger partial charge in [-0.3, -0.25) is 9.59 Å². The molecule has 1 amide bonds. The third-order valence-corrected chi connectivity index (χ3v) is 2.88. The summed E-state index contributed by atoms with van der Waals surface area (Å²) in [6.45, 7) is 2.95. The average molecular weight is 278 g/mol. The normalized spacial score (nSPS) is 11.8. The van der Waals surface area contributed by atoms with Crippen molar-refractivity contribution in [2.75, 3.05) is 13.1 Å². The Morgan fingerprint density at radius 3 is 2.50 bits per heavy atom. The van der Waals surface area contributed by atoms with E-state index in [0.717, 1.165) is 18.5 Å². The van der Waals surface area contributed by atoms with Crippen LogP contribution in [0.5, 0.6) is 0 Å². The number of hydrogen-bond acceptors (Lipinski definition) is 3. The van der Waals surface area contributed by atoms with Gasteiger partial charge in [0.1, 0.15) is 0 Å². The summed E-state index contributed by atoms with van der Waals surface area (Å²) in [4.78, 5) is 22.5. The summed E-state index contributed by atoms with van der Waals surface area (Å²) in [5.41, 5.74) is 1.08. The summed E-state index contributed by atoms with van der Waals surface area (Å²) in [6, 6.07) is 9.44. The number of nitrogens with one attached hydrogen (secondary N) is 2. The zero-order valence-corrected chi connectivity index (χ0v) is 11.8. The number of aliphatic carboxylic acids is 1. The fraction of sp³-hybridized carbons (Fsp3) is 0.467. The highest BCUT2D eigenvalue weighted by atomic mass is 16.4. The highest BCUT2D eigenvalue weighted by molar-refractivity contribution is 5.82. The van der Waals surface area contributed by atoms with Gasteiger partial charge < -0.3 is 15.7 Å². The van der Waals surface area contributed by atoms with Crippen LogP contribution in [-0.4, -0.2) is 36.1 Å². The molecule has 1 atom stereocenters. The molecule has 1 rings (SSSR count). The molecule has 3 N–H and O–H groups in total. The smallest absolute Gasteiger partial charge is 0.305 e. The standard InChI is InChI=1S/C15H22N2O3/c1-2-9-16-13(11-12-6-4-3-5-7-12)15(20)17-10-8-14(18)19/h3-7,13,16H,2,8-11H2,1H3,(H,17,20)(H,18,19)/t13-/m0/s1. The molecule has 110 valence electrons. The Balaban J connectivity index is 2.54. The lowest BCUT2D eigenvalue weighted by Gasteiger charge is -2.18. The second kappa shape index (κ2) is 9.09. The molecule has 0 aromatic heterocycles. The molecule has 0 aliphatic carbocycles. The van der Waals surface area contributed by atoms with Crippen LogP contribution in [0.15, 0.2) is 30.3 Å². The van der Waals surface area contributed by atoms with Crippen LogP contribution in [0.2, 0.25) is 0 Å². The maximum Gasteiger partial charge on any atom is 0.305 e. The van der Waals surface area contributed by atoms with Crippen LogP contribution in [0.25, 0.3) is 0 Å². The summed E-state index contributed by atoms with van der Waals surface area (Å²) in [7, 11) is 0. The Labute approximate surface area is 119 Å². The number of carboxylic acids is 1. The van der Waals surface area contributed by atoms with Gasteiger partial charge in [0.15, 0.2) is 0 Å². The van der Waals surface area contributed by atoms with E-state index < -0.39 is 5.97 Å². The van der Waals surface area contributed by atoms with Crippen molar-refractivity contribution in [1.29, 1.82) is 0 Å². The quantitative estimate of drug-likeness (QED) is 0.634. The third-order valence-electron chi connectivity index (χ3n) is 2.88. The third kappa shape index (κ3) is 6.33. The van der Waals surface area contributed by atoms with Crippen molar-refractivity contribution in [2.24, 2.45) is 0 Å². The number of carbonyl (C=O) groups excluding carboxylic acids is 1. The van der Waals surface area contributed by atoms with E-state index in [2.05, 4.69) is 10.6 Å². The molecule has 0 bridgehead atoms. The first-order valence-electron chi connectivity index (χ1n) is 6.90. The molecular weight excluding hydrogens is 256 g/mol. The highest BCUT2D eigenvalue weighted by Gasteiger charge is 2.17. The maximum atomic E-state index is 12.1. The van der Waals surface area contributed by atoms with Gasteiger partial charge in [0, 0.05) is 6.54 Å². The van der Waals surface area contributed by atoms with Crippen LogP contribution in [0.1, 0.15) is 25.3 Å². The minimum absolute atomic E-state index is 0.0580. The first-order valence-corrected chi connectivity index (χ1v) is 6.90. The summed E-state index contributed by atoms with van der Waals surface area (Å²) >= 11 is 0. The fourth-order valence-electron chi connectivity index (χ4n) is 1.84. The van der Waals surface area contributed by atoms with Gasteiger partial charge in [-0.2, -0.15) is 0 Å². The minimum atomic E-state index is -0.911. The molecule has 0 aliphatic rings. The van der Waals surface area contributed by atoms with Crippen molar-refractivity contribution in [3.8, 4) is 0 Å². The van der Waals surface area contributed by atoms with Gasteiger partial charge >= 0.3 is 5.97 Å². The van der Waals surface area contributed by atoms with E-state index in [1.165, 1.54) is 0 Å². The lowest BCUT2D eigenvalue weighted by atomic mass is 10.1. The maximum absolute atomic E-state index is 12.1. The first-order chi connectivity index (χ1) is 9.63. The summed E-state index contributed by atoms with van der Waals surface area (Å²) in [6.07, 6.45) is 1.48. The zero-order chi connectivity index (χ0) is 14.8. The van der Waals surface area contributed by atoms with Gasteiger partial charge in [0.25, 0.3) is 0 Å². The number of hydrogen-bond donors (Lipinski definition) is 3. The van der Waals surface area contributed by atoms with Crippen LogP contribution in [0.4, 0.5) is 0 Å². The van der Waals surface area contributed by atoms with Crippen LogP contribution < -0.4 is 10.6 Å². The number of benzene rings is 1. The summed E-state index contributed by atoms with van der Waals surface area (Å²) in [5, 5.41) is 14.4. The summed E-state index contributed by atoms with van der Waals surface area (Å²) in [5.74, 6) is -1.06. The second-order valence-electron chi connectivity index (χ2n) is 4.63. The van der Waals surface area contributed by atoms with Gasteiger partial charge in [-0.25, -0.2) is 0 Å². The van der Waals surface area contributed by atoms with Crippen molar-refractivity contribution >= 4 is 11.9 Å². The largest absolute Gasteiger partial charge is 0.481 e. The van der Waals surface area contributed by atoms with Crippen molar-refractivity contribution < 1.29 is 14.7 Å². The highest BCUT2D eigenvalue weighted by Crippen LogP contribution is 2.03. The van der Waals surface area contributed by atoms with Gasteiger partial charge in [0.2, 0.25) is 5.91 Å². The molecule has 5 heteroatoms. The lowest BCUT2D eigenvalue weighted by Crippen LogP contribution is -2.46. The Kier molecular flexibility index (Phi) is 7.35. The monoisotopic (exact) mass is 278 g/mol. The number of amides is 1. The number of rotatable bonds is 9. The topological polar surface area (TPSA) is 78.4 Å². The Bertz CT molecular complexity index is 420. The lowest BCUT2D eigenvalue weighted by molar-refractivity contribution is -0.137. The molecule has 0 fully saturated rings. The molecule has 1 aromatic rings. The van der Waals surface area contributed by atoms with Crippen LogP contribution in [-0.2, 0) is 16.0 Å². The molecule has 20 heavy (non-hydrogen) atoms. The molecule has 0 unspecified atom stereocenters.